The molecule has 0 saturated heterocycles. The highest BCUT2D eigenvalue weighted by atomic mass is 35.5. The van der Waals surface area contributed by atoms with Gasteiger partial charge in [-0.15, -0.1) is 12.4 Å². The highest BCUT2D eigenvalue weighted by Gasteiger charge is 2.33. The molecule has 27 heavy (non-hydrogen) atoms. The van der Waals surface area contributed by atoms with Crippen LogP contribution in [0.3, 0.4) is 0 Å². The predicted octanol–water partition coefficient (Wildman–Crippen LogP) is 3.86. The molecule has 0 bridgehead atoms. The van der Waals surface area contributed by atoms with Gasteiger partial charge in [0, 0.05) is 5.92 Å². The molecular weight excluding hydrogens is 360 g/mol. The Morgan fingerprint density at radius 1 is 1.07 bits per heavy atom. The summed E-state index contributed by atoms with van der Waals surface area (Å²) in [6.07, 6.45) is 3.07. The third kappa shape index (κ3) is 6.06. The summed E-state index contributed by atoms with van der Waals surface area (Å²) in [6, 6.07) is 20.0. The van der Waals surface area contributed by atoms with Crippen LogP contribution in [0.5, 0.6) is 0 Å². The van der Waals surface area contributed by atoms with Crippen molar-refractivity contribution >= 4 is 18.3 Å². The number of nitrogens with one attached hydrogen (secondary N) is 1. The molecule has 1 fully saturated rings. The number of hydrogen-bond donors (Lipinski definition) is 2. The number of ether oxygens (including phenoxy) is 1. The van der Waals surface area contributed by atoms with Gasteiger partial charge in [0.15, 0.2) is 0 Å². The van der Waals surface area contributed by atoms with E-state index in [4.69, 9.17) is 10.5 Å². The Hall–Kier alpha value is -1.88. The van der Waals surface area contributed by atoms with Crippen molar-refractivity contribution in [3.63, 3.8) is 0 Å². The number of hydrogen-bond acceptors (Lipinski definition) is 3. The van der Waals surface area contributed by atoms with E-state index in [0.717, 1.165) is 30.4 Å². The van der Waals surface area contributed by atoms with E-state index >= 15 is 0 Å². The zero-order valence-corrected chi connectivity index (χ0v) is 16.4. The minimum atomic E-state index is -0.147. The Morgan fingerprint density at radius 3 is 2.41 bits per heavy atom. The van der Waals surface area contributed by atoms with Crippen molar-refractivity contribution in [3.05, 3.63) is 71.8 Å². The van der Waals surface area contributed by atoms with Crippen LogP contribution < -0.4 is 11.1 Å². The van der Waals surface area contributed by atoms with E-state index in [1.807, 2.05) is 60.7 Å². The van der Waals surface area contributed by atoms with Crippen LogP contribution in [0.25, 0.3) is 0 Å². The van der Waals surface area contributed by atoms with Crippen molar-refractivity contribution < 1.29 is 9.53 Å². The van der Waals surface area contributed by atoms with Gasteiger partial charge in [0.1, 0.15) is 0 Å². The SMILES string of the molecule is Cl.NC[C@H]1CCC[C@H]1C(=O)NC(COCc1ccccc1)c1ccccc1. The lowest BCUT2D eigenvalue weighted by Crippen LogP contribution is -2.38. The van der Waals surface area contributed by atoms with Crippen LogP contribution in [0.1, 0.15) is 36.4 Å². The van der Waals surface area contributed by atoms with Gasteiger partial charge in [-0.2, -0.15) is 0 Å². The lowest BCUT2D eigenvalue weighted by Gasteiger charge is -2.24. The van der Waals surface area contributed by atoms with E-state index in [1.165, 1.54) is 0 Å². The molecule has 0 aromatic heterocycles. The van der Waals surface area contributed by atoms with Crippen LogP contribution in [0, 0.1) is 11.8 Å². The molecule has 1 unspecified atom stereocenters. The van der Waals surface area contributed by atoms with Gasteiger partial charge in [-0.05, 0) is 36.4 Å². The lowest BCUT2D eigenvalue weighted by molar-refractivity contribution is -0.127. The van der Waals surface area contributed by atoms with Gasteiger partial charge in [0.2, 0.25) is 5.91 Å². The summed E-state index contributed by atoms with van der Waals surface area (Å²) < 4.78 is 5.91. The number of rotatable bonds is 8. The van der Waals surface area contributed by atoms with Gasteiger partial charge in [-0.1, -0.05) is 67.1 Å². The summed E-state index contributed by atoms with van der Waals surface area (Å²) in [5.41, 5.74) is 8.04. The zero-order valence-electron chi connectivity index (χ0n) is 15.6. The second kappa shape index (κ2) is 11.1. The number of halogens is 1. The van der Waals surface area contributed by atoms with Crippen LogP contribution in [-0.4, -0.2) is 19.1 Å². The van der Waals surface area contributed by atoms with E-state index in [2.05, 4.69) is 5.32 Å². The topological polar surface area (TPSA) is 64.4 Å². The first-order valence-corrected chi connectivity index (χ1v) is 9.45. The molecule has 4 nitrogen and oxygen atoms in total. The number of carbonyl (C=O) groups excluding carboxylic acids is 1. The number of carbonyl (C=O) groups is 1. The number of benzene rings is 2. The van der Waals surface area contributed by atoms with Crippen LogP contribution in [0.2, 0.25) is 0 Å². The number of amides is 1. The molecule has 3 N–H and O–H groups in total. The van der Waals surface area contributed by atoms with Crippen molar-refractivity contribution in [1.29, 1.82) is 0 Å². The maximum Gasteiger partial charge on any atom is 0.224 e. The molecule has 5 heteroatoms. The van der Waals surface area contributed by atoms with Gasteiger partial charge >= 0.3 is 0 Å². The van der Waals surface area contributed by atoms with E-state index < -0.39 is 0 Å². The van der Waals surface area contributed by atoms with Crippen molar-refractivity contribution in [2.24, 2.45) is 17.6 Å². The van der Waals surface area contributed by atoms with Crippen LogP contribution in [0.15, 0.2) is 60.7 Å². The van der Waals surface area contributed by atoms with Gasteiger partial charge in [0.25, 0.3) is 0 Å². The molecule has 0 spiro atoms. The molecule has 2 aromatic carbocycles. The van der Waals surface area contributed by atoms with Gasteiger partial charge in [-0.3, -0.25) is 4.79 Å². The summed E-state index contributed by atoms with van der Waals surface area (Å²) in [7, 11) is 0. The van der Waals surface area contributed by atoms with Crippen molar-refractivity contribution in [1.82, 2.24) is 5.32 Å². The summed E-state index contributed by atoms with van der Waals surface area (Å²) in [5, 5.41) is 3.21. The molecule has 0 radical (unpaired) electrons. The quantitative estimate of drug-likeness (QED) is 0.721. The van der Waals surface area contributed by atoms with Crippen LogP contribution in [-0.2, 0) is 16.1 Å². The minimum Gasteiger partial charge on any atom is -0.374 e. The highest BCUT2D eigenvalue weighted by Crippen LogP contribution is 2.31. The summed E-state index contributed by atoms with van der Waals surface area (Å²) in [6.45, 7) is 1.57. The molecule has 1 aliphatic carbocycles. The summed E-state index contributed by atoms with van der Waals surface area (Å²) in [4.78, 5) is 12.8. The maximum absolute atomic E-state index is 12.8. The van der Waals surface area contributed by atoms with E-state index in [1.54, 1.807) is 0 Å². The Bertz CT molecular complexity index is 681. The van der Waals surface area contributed by atoms with E-state index in [-0.39, 0.29) is 30.3 Å². The first kappa shape index (κ1) is 21.4. The van der Waals surface area contributed by atoms with Crippen molar-refractivity contribution in [3.8, 4) is 0 Å². The summed E-state index contributed by atoms with van der Waals surface area (Å²) in [5.74, 6) is 0.437. The smallest absolute Gasteiger partial charge is 0.224 e. The van der Waals surface area contributed by atoms with Gasteiger partial charge in [-0.25, -0.2) is 0 Å². The molecule has 3 atom stereocenters. The molecule has 1 aliphatic rings. The van der Waals surface area contributed by atoms with Crippen molar-refractivity contribution in [2.45, 2.75) is 31.9 Å². The Kier molecular flexibility index (Phi) is 8.79. The van der Waals surface area contributed by atoms with Gasteiger partial charge in [0.05, 0.1) is 19.3 Å². The Morgan fingerprint density at radius 2 is 1.74 bits per heavy atom. The lowest BCUT2D eigenvalue weighted by atomic mass is 9.94. The fraction of sp³-hybridized carbons (Fsp3) is 0.409. The fourth-order valence-corrected chi connectivity index (χ4v) is 3.72. The van der Waals surface area contributed by atoms with E-state index in [9.17, 15) is 4.79 Å². The van der Waals surface area contributed by atoms with E-state index in [0.29, 0.717) is 25.7 Å². The molecule has 1 amide bonds. The monoisotopic (exact) mass is 388 g/mol. The molecular formula is C22H29ClN2O2. The molecule has 2 aromatic rings. The summed E-state index contributed by atoms with van der Waals surface area (Å²) >= 11 is 0. The average Bonchev–Trinajstić information content (AvgIpc) is 3.18. The average molecular weight is 389 g/mol. The normalized spacial score (nSPS) is 19.9. The second-order valence-corrected chi connectivity index (χ2v) is 7.01. The first-order chi connectivity index (χ1) is 12.8. The first-order valence-electron chi connectivity index (χ1n) is 9.45. The second-order valence-electron chi connectivity index (χ2n) is 7.01. The molecule has 0 aliphatic heterocycles. The molecule has 146 valence electrons. The highest BCUT2D eigenvalue weighted by molar-refractivity contribution is 5.85. The van der Waals surface area contributed by atoms with Crippen LogP contribution in [0.4, 0.5) is 0 Å². The van der Waals surface area contributed by atoms with Gasteiger partial charge < -0.3 is 15.8 Å². The third-order valence-corrected chi connectivity index (χ3v) is 5.21. The Labute approximate surface area is 167 Å². The zero-order chi connectivity index (χ0) is 18.2. The standard InChI is InChI=1S/C22H28N2O2.ClH/c23-14-19-12-7-13-20(19)22(25)24-21(18-10-5-2-6-11-18)16-26-15-17-8-3-1-4-9-17;/h1-6,8-11,19-21H,7,12-16,23H2,(H,24,25);1H/t19-,20-,21?;/m1./s1. The third-order valence-electron chi connectivity index (χ3n) is 5.21. The predicted molar refractivity (Wildman–Crippen MR) is 111 cm³/mol. The largest absolute Gasteiger partial charge is 0.374 e. The number of nitrogens with two attached hydrogens (primary N) is 1. The van der Waals surface area contributed by atoms with Crippen molar-refractivity contribution in [2.75, 3.05) is 13.2 Å². The maximum atomic E-state index is 12.8. The molecule has 0 heterocycles. The fourth-order valence-electron chi connectivity index (χ4n) is 3.72. The Balaban J connectivity index is 0.00000261. The molecule has 1 saturated carbocycles. The van der Waals surface area contributed by atoms with Crippen LogP contribution >= 0.6 is 12.4 Å². The molecule has 3 rings (SSSR count). The minimum absolute atomic E-state index is 0.